The maximum Gasteiger partial charge on any atom is 0.573 e. The van der Waals surface area contributed by atoms with E-state index in [9.17, 15) is 18.0 Å². The summed E-state index contributed by atoms with van der Waals surface area (Å²) in [4.78, 5) is 12.3. The molecule has 9 heteroatoms. The highest BCUT2D eigenvalue weighted by Crippen LogP contribution is 2.25. The fourth-order valence-electron chi connectivity index (χ4n) is 2.37. The predicted octanol–water partition coefficient (Wildman–Crippen LogP) is 2.21. The highest BCUT2D eigenvalue weighted by Gasteiger charge is 2.31. The van der Waals surface area contributed by atoms with Gasteiger partial charge in [0.05, 0.1) is 0 Å². The van der Waals surface area contributed by atoms with Crippen molar-refractivity contribution in [1.82, 2.24) is 15.5 Å². The second kappa shape index (κ2) is 5.92. The molecule has 1 aliphatic heterocycles. The molecule has 0 fully saturated rings. The summed E-state index contributed by atoms with van der Waals surface area (Å²) >= 11 is 0. The van der Waals surface area contributed by atoms with Gasteiger partial charge in [-0.2, -0.15) is 5.10 Å². The van der Waals surface area contributed by atoms with Crippen molar-refractivity contribution in [3.8, 4) is 5.75 Å². The molecule has 3 rings (SSSR count). The van der Waals surface area contributed by atoms with E-state index >= 15 is 0 Å². The number of hydrogen-bond donors (Lipinski definition) is 3. The number of alkyl halides is 3. The van der Waals surface area contributed by atoms with Crippen LogP contribution >= 0.6 is 0 Å². The van der Waals surface area contributed by atoms with Gasteiger partial charge in [-0.05, 0) is 12.1 Å². The first kappa shape index (κ1) is 15.3. The SMILES string of the molecule is O=C(Nc1cccc(OC(F)(F)F)c1)c1n[nH]c2c1CNCC2. The van der Waals surface area contributed by atoms with Crippen LogP contribution < -0.4 is 15.4 Å². The van der Waals surface area contributed by atoms with E-state index in [1.54, 1.807) is 0 Å². The molecule has 1 aromatic heterocycles. The number of fused-ring (bicyclic) bond motifs is 1. The fraction of sp³-hybridized carbons (Fsp3) is 0.286. The van der Waals surface area contributed by atoms with Gasteiger partial charge in [0.2, 0.25) is 0 Å². The maximum absolute atomic E-state index is 12.3. The second-order valence-corrected chi connectivity index (χ2v) is 4.99. The number of nitrogens with one attached hydrogen (secondary N) is 3. The number of H-pyrrole nitrogens is 1. The standard InChI is InChI=1S/C14H13F3N4O2/c15-14(16,17)23-9-3-1-2-8(6-9)19-13(22)12-10-7-18-5-4-11(10)20-21-12/h1-3,6,18H,4-5,7H2,(H,19,22)(H,20,21). The van der Waals surface area contributed by atoms with Crippen molar-refractivity contribution in [2.75, 3.05) is 11.9 Å². The van der Waals surface area contributed by atoms with Crippen LogP contribution in [-0.2, 0) is 13.0 Å². The molecule has 0 atom stereocenters. The van der Waals surface area contributed by atoms with Crippen molar-refractivity contribution >= 4 is 11.6 Å². The number of hydrogen-bond acceptors (Lipinski definition) is 4. The van der Waals surface area contributed by atoms with Gasteiger partial charge < -0.3 is 15.4 Å². The molecule has 0 saturated heterocycles. The number of nitrogens with zero attached hydrogens (tertiary/aromatic N) is 1. The third-order valence-electron chi connectivity index (χ3n) is 3.35. The number of anilines is 1. The normalized spacial score (nSPS) is 14.2. The minimum atomic E-state index is -4.78. The van der Waals surface area contributed by atoms with Crippen LogP contribution in [0.5, 0.6) is 5.75 Å². The Morgan fingerprint density at radius 3 is 2.96 bits per heavy atom. The van der Waals surface area contributed by atoms with Gasteiger partial charge >= 0.3 is 6.36 Å². The van der Waals surface area contributed by atoms with Crippen molar-refractivity contribution < 1.29 is 22.7 Å². The number of aromatic nitrogens is 2. The Kier molecular flexibility index (Phi) is 3.95. The largest absolute Gasteiger partial charge is 0.573 e. The number of carbonyl (C=O) groups excluding carboxylic acids is 1. The lowest BCUT2D eigenvalue weighted by molar-refractivity contribution is -0.274. The lowest BCUT2D eigenvalue weighted by Crippen LogP contribution is -2.25. The lowest BCUT2D eigenvalue weighted by atomic mass is 10.1. The van der Waals surface area contributed by atoms with E-state index in [1.165, 1.54) is 12.1 Å². The summed E-state index contributed by atoms with van der Waals surface area (Å²) in [6, 6.07) is 5.09. The Morgan fingerprint density at radius 2 is 2.17 bits per heavy atom. The van der Waals surface area contributed by atoms with Crippen molar-refractivity contribution in [2.24, 2.45) is 0 Å². The molecule has 2 heterocycles. The van der Waals surface area contributed by atoms with Crippen LogP contribution in [0, 0.1) is 0 Å². The molecular weight excluding hydrogens is 313 g/mol. The molecule has 3 N–H and O–H groups in total. The Bertz CT molecular complexity index is 727. The summed E-state index contributed by atoms with van der Waals surface area (Å²) < 4.78 is 40.5. The first-order valence-corrected chi connectivity index (χ1v) is 6.86. The molecular formula is C14H13F3N4O2. The summed E-state index contributed by atoms with van der Waals surface area (Å²) in [6.45, 7) is 1.32. The molecule has 0 saturated carbocycles. The lowest BCUT2D eigenvalue weighted by Gasteiger charge is -2.13. The summed E-state index contributed by atoms with van der Waals surface area (Å²) in [5.41, 5.74) is 2.09. The smallest absolute Gasteiger partial charge is 0.406 e. The number of carbonyl (C=O) groups is 1. The van der Waals surface area contributed by atoms with E-state index in [0.717, 1.165) is 36.4 Å². The van der Waals surface area contributed by atoms with E-state index in [4.69, 9.17) is 0 Å². The molecule has 0 spiro atoms. The van der Waals surface area contributed by atoms with E-state index < -0.39 is 18.0 Å². The van der Waals surface area contributed by atoms with E-state index in [-0.39, 0.29) is 11.4 Å². The van der Waals surface area contributed by atoms with E-state index in [0.29, 0.717) is 6.54 Å². The van der Waals surface area contributed by atoms with Crippen LogP contribution in [-0.4, -0.2) is 29.0 Å². The van der Waals surface area contributed by atoms with E-state index in [1.807, 2.05) is 0 Å². The topological polar surface area (TPSA) is 79.0 Å². The monoisotopic (exact) mass is 326 g/mol. The minimum absolute atomic E-state index is 0.192. The van der Waals surface area contributed by atoms with Crippen LogP contribution in [0.25, 0.3) is 0 Å². The van der Waals surface area contributed by atoms with Gasteiger partial charge in [-0.25, -0.2) is 0 Å². The number of halogens is 3. The average Bonchev–Trinajstić information content (AvgIpc) is 2.89. The zero-order valence-corrected chi connectivity index (χ0v) is 11.8. The molecule has 0 unspecified atom stereocenters. The molecule has 1 aliphatic rings. The van der Waals surface area contributed by atoms with Gasteiger partial charge in [0.25, 0.3) is 5.91 Å². The van der Waals surface area contributed by atoms with Crippen molar-refractivity contribution in [1.29, 1.82) is 0 Å². The Labute approximate surface area is 129 Å². The molecule has 0 aliphatic carbocycles. The van der Waals surface area contributed by atoms with Crippen LogP contribution in [0.15, 0.2) is 24.3 Å². The molecule has 0 bridgehead atoms. The Morgan fingerprint density at radius 1 is 1.35 bits per heavy atom. The zero-order chi connectivity index (χ0) is 16.4. The van der Waals surface area contributed by atoms with Gasteiger partial charge in [0.15, 0.2) is 5.69 Å². The second-order valence-electron chi connectivity index (χ2n) is 4.99. The molecule has 2 aromatic rings. The third kappa shape index (κ3) is 3.62. The van der Waals surface area contributed by atoms with E-state index in [2.05, 4.69) is 25.6 Å². The number of ether oxygens (including phenoxy) is 1. The number of benzene rings is 1. The maximum atomic E-state index is 12.3. The van der Waals surface area contributed by atoms with Gasteiger partial charge in [-0.3, -0.25) is 9.89 Å². The van der Waals surface area contributed by atoms with Gasteiger partial charge in [-0.1, -0.05) is 6.07 Å². The first-order chi connectivity index (χ1) is 10.9. The zero-order valence-electron chi connectivity index (χ0n) is 11.8. The first-order valence-electron chi connectivity index (χ1n) is 6.86. The molecule has 1 amide bonds. The summed E-state index contributed by atoms with van der Waals surface area (Å²) in [6.07, 6.45) is -4.04. The number of amides is 1. The molecule has 23 heavy (non-hydrogen) atoms. The number of rotatable bonds is 3. The van der Waals surface area contributed by atoms with Crippen molar-refractivity contribution in [3.63, 3.8) is 0 Å². The molecule has 0 radical (unpaired) electrons. The fourth-order valence-corrected chi connectivity index (χ4v) is 2.37. The molecule has 122 valence electrons. The number of aromatic amines is 1. The predicted molar refractivity (Wildman–Crippen MR) is 75.1 cm³/mol. The minimum Gasteiger partial charge on any atom is -0.406 e. The van der Waals surface area contributed by atoms with Crippen LogP contribution in [0.4, 0.5) is 18.9 Å². The summed E-state index contributed by atoms with van der Waals surface area (Å²) in [7, 11) is 0. The van der Waals surface area contributed by atoms with Crippen LogP contribution in [0.3, 0.4) is 0 Å². The Hall–Kier alpha value is -2.55. The molecule has 1 aromatic carbocycles. The Balaban J connectivity index is 1.75. The summed E-state index contributed by atoms with van der Waals surface area (Å²) in [5.74, 6) is -0.892. The summed E-state index contributed by atoms with van der Waals surface area (Å²) in [5, 5.41) is 12.5. The van der Waals surface area contributed by atoms with Crippen LogP contribution in [0.2, 0.25) is 0 Å². The van der Waals surface area contributed by atoms with Crippen molar-refractivity contribution in [3.05, 3.63) is 41.2 Å². The van der Waals surface area contributed by atoms with Gasteiger partial charge in [-0.15, -0.1) is 13.2 Å². The third-order valence-corrected chi connectivity index (χ3v) is 3.35. The highest BCUT2D eigenvalue weighted by atomic mass is 19.4. The van der Waals surface area contributed by atoms with Crippen molar-refractivity contribution in [2.45, 2.75) is 19.3 Å². The highest BCUT2D eigenvalue weighted by molar-refractivity contribution is 6.04. The van der Waals surface area contributed by atoms with Gasteiger partial charge in [0, 0.05) is 42.5 Å². The average molecular weight is 326 g/mol. The molecule has 6 nitrogen and oxygen atoms in total. The van der Waals surface area contributed by atoms with Gasteiger partial charge in [0.1, 0.15) is 5.75 Å². The van der Waals surface area contributed by atoms with Crippen LogP contribution in [0.1, 0.15) is 21.7 Å². The quantitative estimate of drug-likeness (QED) is 0.808.